The van der Waals surface area contributed by atoms with Crippen LogP contribution in [-0.4, -0.2) is 37.5 Å². The van der Waals surface area contributed by atoms with Crippen LogP contribution in [0.2, 0.25) is 0 Å². The number of pyridine rings is 1. The van der Waals surface area contributed by atoms with Gasteiger partial charge in [-0.05, 0) is 19.8 Å². The van der Waals surface area contributed by atoms with Crippen molar-refractivity contribution in [1.29, 1.82) is 0 Å². The molecule has 1 aromatic heterocycles. The Morgan fingerprint density at radius 2 is 1.85 bits per heavy atom. The second-order valence-electron chi connectivity index (χ2n) is 4.75. The molecule has 8 heteroatoms. The molecular weight excluding hydrogens is 288 g/mol. The van der Waals surface area contributed by atoms with Crippen LogP contribution >= 0.6 is 0 Å². The number of nitrogens with zero attached hydrogens (tertiary/aromatic N) is 1. The Morgan fingerprint density at radius 1 is 1.25 bits per heavy atom. The summed E-state index contributed by atoms with van der Waals surface area (Å²) in [6.07, 6.45) is 0.800. The normalized spacial score (nSPS) is 18.8. The van der Waals surface area contributed by atoms with E-state index in [1.165, 1.54) is 0 Å². The van der Waals surface area contributed by atoms with E-state index in [9.17, 15) is 17.2 Å². The van der Waals surface area contributed by atoms with E-state index in [1.807, 2.05) is 0 Å². The first-order valence-electron chi connectivity index (χ1n) is 6.48. The minimum Gasteiger partial charge on any atom is -0.368 e. The molecule has 0 spiro atoms. The van der Waals surface area contributed by atoms with Gasteiger partial charge < -0.3 is 10.6 Å². The van der Waals surface area contributed by atoms with Crippen LogP contribution < -0.4 is 10.6 Å². The highest BCUT2D eigenvalue weighted by molar-refractivity contribution is 7.91. The second-order valence-corrected chi connectivity index (χ2v) is 7.05. The molecule has 2 heterocycles. The van der Waals surface area contributed by atoms with Crippen molar-refractivity contribution in [1.82, 2.24) is 4.98 Å². The molecule has 0 bridgehead atoms. The summed E-state index contributed by atoms with van der Waals surface area (Å²) < 4.78 is 49.7. The van der Waals surface area contributed by atoms with Crippen LogP contribution in [-0.2, 0) is 9.84 Å². The number of hydrogen-bond donors (Lipinski definition) is 2. The number of sulfone groups is 1. The summed E-state index contributed by atoms with van der Waals surface area (Å²) >= 11 is 0. The van der Waals surface area contributed by atoms with Gasteiger partial charge in [-0.2, -0.15) is 0 Å². The minimum absolute atomic E-state index is 0.0140. The minimum atomic E-state index is -2.97. The Kier molecular flexibility index (Phi) is 4.42. The van der Waals surface area contributed by atoms with Crippen LogP contribution in [0.4, 0.5) is 20.4 Å². The summed E-state index contributed by atoms with van der Waals surface area (Å²) in [4.78, 5) is 3.87. The van der Waals surface area contributed by atoms with E-state index in [2.05, 4.69) is 15.6 Å². The maximum absolute atomic E-state index is 13.7. The Balaban J connectivity index is 2.11. The van der Waals surface area contributed by atoms with Crippen molar-refractivity contribution in [3.63, 3.8) is 0 Å². The van der Waals surface area contributed by atoms with E-state index >= 15 is 0 Å². The number of halogens is 2. The van der Waals surface area contributed by atoms with Gasteiger partial charge in [0.1, 0.15) is 9.84 Å². The molecule has 112 valence electrons. The van der Waals surface area contributed by atoms with Gasteiger partial charge in [-0.15, -0.1) is 0 Å². The van der Waals surface area contributed by atoms with Crippen molar-refractivity contribution in [2.24, 2.45) is 0 Å². The largest absolute Gasteiger partial charge is 0.368 e. The first-order valence-corrected chi connectivity index (χ1v) is 8.30. The lowest BCUT2D eigenvalue weighted by atomic mass is 10.1. The Bertz CT molecular complexity index is 579. The Morgan fingerprint density at radius 3 is 2.45 bits per heavy atom. The van der Waals surface area contributed by atoms with Crippen molar-refractivity contribution < 1.29 is 17.2 Å². The van der Waals surface area contributed by atoms with Gasteiger partial charge in [-0.3, -0.25) is 0 Å². The lowest BCUT2D eigenvalue weighted by Gasteiger charge is -2.24. The van der Waals surface area contributed by atoms with Gasteiger partial charge in [0.25, 0.3) is 0 Å². The molecule has 0 saturated carbocycles. The predicted octanol–water partition coefficient (Wildman–Crippen LogP) is 1.78. The fourth-order valence-corrected chi connectivity index (χ4v) is 3.58. The molecule has 0 amide bonds. The molecule has 5 nitrogen and oxygen atoms in total. The Labute approximate surface area is 116 Å². The summed E-state index contributed by atoms with van der Waals surface area (Å²) in [7, 11) is -2.97. The highest BCUT2D eigenvalue weighted by atomic mass is 32.2. The molecule has 0 radical (unpaired) electrons. The fourth-order valence-electron chi connectivity index (χ4n) is 2.09. The SMILES string of the molecule is CCNc1nc(NC2CCS(=O)(=O)CC2)c(F)cc1F. The lowest BCUT2D eigenvalue weighted by molar-refractivity contribution is 0.551. The zero-order valence-electron chi connectivity index (χ0n) is 11.1. The molecule has 1 aromatic rings. The predicted molar refractivity (Wildman–Crippen MR) is 73.6 cm³/mol. The maximum Gasteiger partial charge on any atom is 0.168 e. The molecule has 2 rings (SSSR count). The van der Waals surface area contributed by atoms with Crippen LogP contribution in [0.5, 0.6) is 0 Å². The molecular formula is C12H17F2N3O2S. The molecule has 1 aliphatic heterocycles. The van der Waals surface area contributed by atoms with E-state index in [-0.39, 0.29) is 29.2 Å². The van der Waals surface area contributed by atoms with Crippen molar-refractivity contribution in [3.8, 4) is 0 Å². The third kappa shape index (κ3) is 3.56. The van der Waals surface area contributed by atoms with E-state index in [0.717, 1.165) is 6.07 Å². The van der Waals surface area contributed by atoms with Gasteiger partial charge in [-0.1, -0.05) is 0 Å². The van der Waals surface area contributed by atoms with Gasteiger partial charge in [0, 0.05) is 18.7 Å². The maximum atomic E-state index is 13.7. The van der Waals surface area contributed by atoms with Crippen molar-refractivity contribution in [2.75, 3.05) is 28.7 Å². The van der Waals surface area contributed by atoms with Gasteiger partial charge in [-0.25, -0.2) is 22.2 Å². The van der Waals surface area contributed by atoms with Crippen LogP contribution in [0.25, 0.3) is 0 Å². The fraction of sp³-hybridized carbons (Fsp3) is 0.583. The monoisotopic (exact) mass is 305 g/mol. The molecule has 0 atom stereocenters. The highest BCUT2D eigenvalue weighted by Crippen LogP contribution is 2.22. The molecule has 0 unspecified atom stereocenters. The van der Waals surface area contributed by atoms with Crippen LogP contribution in [0, 0.1) is 11.6 Å². The zero-order chi connectivity index (χ0) is 14.8. The zero-order valence-corrected chi connectivity index (χ0v) is 11.9. The average molecular weight is 305 g/mol. The Hall–Kier alpha value is -1.44. The topological polar surface area (TPSA) is 71.1 Å². The number of rotatable bonds is 4. The number of nitrogens with one attached hydrogen (secondary N) is 2. The summed E-state index contributed by atoms with van der Waals surface area (Å²) in [5.74, 6) is -1.44. The lowest BCUT2D eigenvalue weighted by Crippen LogP contribution is -2.32. The van der Waals surface area contributed by atoms with E-state index in [1.54, 1.807) is 6.92 Å². The van der Waals surface area contributed by atoms with E-state index in [0.29, 0.717) is 19.4 Å². The molecule has 2 N–H and O–H groups in total. The molecule has 1 saturated heterocycles. The first kappa shape index (κ1) is 15.0. The first-order chi connectivity index (χ1) is 9.41. The van der Waals surface area contributed by atoms with Crippen molar-refractivity contribution >= 4 is 21.5 Å². The van der Waals surface area contributed by atoms with E-state index in [4.69, 9.17) is 0 Å². The molecule has 0 aliphatic carbocycles. The number of aromatic nitrogens is 1. The molecule has 1 aliphatic rings. The summed E-state index contributed by atoms with van der Waals surface area (Å²) in [5.41, 5.74) is 0. The average Bonchev–Trinajstić information content (AvgIpc) is 2.37. The van der Waals surface area contributed by atoms with Crippen LogP contribution in [0.1, 0.15) is 19.8 Å². The van der Waals surface area contributed by atoms with Gasteiger partial charge >= 0.3 is 0 Å². The third-order valence-electron chi connectivity index (χ3n) is 3.17. The van der Waals surface area contributed by atoms with Crippen molar-refractivity contribution in [2.45, 2.75) is 25.8 Å². The number of anilines is 2. The third-order valence-corrected chi connectivity index (χ3v) is 4.88. The van der Waals surface area contributed by atoms with Gasteiger partial charge in [0.2, 0.25) is 0 Å². The van der Waals surface area contributed by atoms with Crippen LogP contribution in [0.15, 0.2) is 6.07 Å². The molecule has 0 aromatic carbocycles. The number of hydrogen-bond acceptors (Lipinski definition) is 5. The summed E-state index contributed by atoms with van der Waals surface area (Å²) in [6.45, 7) is 2.25. The van der Waals surface area contributed by atoms with E-state index < -0.39 is 21.5 Å². The standard InChI is InChI=1S/C12H17F2N3O2S/c1-2-15-11-9(13)7-10(14)12(17-11)16-8-3-5-20(18,19)6-4-8/h7-8H,2-6H2,1H3,(H2,15,16,17). The molecule has 20 heavy (non-hydrogen) atoms. The van der Waals surface area contributed by atoms with Crippen LogP contribution in [0.3, 0.4) is 0 Å². The quantitative estimate of drug-likeness (QED) is 0.887. The smallest absolute Gasteiger partial charge is 0.168 e. The summed E-state index contributed by atoms with van der Waals surface area (Å²) in [5, 5.41) is 5.56. The summed E-state index contributed by atoms with van der Waals surface area (Å²) in [6, 6.07) is 0.604. The van der Waals surface area contributed by atoms with Gasteiger partial charge in [0.15, 0.2) is 23.3 Å². The second kappa shape index (κ2) is 5.90. The highest BCUT2D eigenvalue weighted by Gasteiger charge is 2.24. The molecule has 1 fully saturated rings. The van der Waals surface area contributed by atoms with Crippen molar-refractivity contribution in [3.05, 3.63) is 17.7 Å². The van der Waals surface area contributed by atoms with Gasteiger partial charge in [0.05, 0.1) is 11.5 Å².